The predicted molar refractivity (Wildman–Crippen MR) is 57.9 cm³/mol. The Labute approximate surface area is 95.5 Å². The van der Waals surface area contributed by atoms with Crippen molar-refractivity contribution in [1.82, 2.24) is 9.78 Å². The molecular formula is C8H11IN2O3. The number of carbonyl (C=O) groups excluding carboxylic acids is 1. The molecule has 6 heteroatoms. The summed E-state index contributed by atoms with van der Waals surface area (Å²) in [5.74, 6) is -0.397. The highest BCUT2D eigenvalue weighted by atomic mass is 127. The van der Waals surface area contributed by atoms with Crippen LogP contribution in [0.4, 0.5) is 0 Å². The number of aromatic nitrogens is 2. The molecule has 0 bridgehead atoms. The number of ether oxygens (including phenoxy) is 2. The molecule has 0 spiro atoms. The fraction of sp³-hybridized carbons (Fsp3) is 0.500. The molecule has 1 aromatic heterocycles. The van der Waals surface area contributed by atoms with E-state index in [2.05, 4.69) is 5.10 Å². The monoisotopic (exact) mass is 310 g/mol. The van der Waals surface area contributed by atoms with Crippen molar-refractivity contribution in [2.45, 2.75) is 13.7 Å². The van der Waals surface area contributed by atoms with Crippen LogP contribution in [-0.2, 0) is 16.2 Å². The first-order chi connectivity index (χ1) is 6.69. The molecule has 78 valence electrons. The zero-order valence-corrected chi connectivity index (χ0v) is 10.1. The summed E-state index contributed by atoms with van der Waals surface area (Å²) in [5, 5.41) is 4.03. The Balaban J connectivity index is 2.81. The Morgan fingerprint density at radius 1 is 1.71 bits per heavy atom. The van der Waals surface area contributed by atoms with Gasteiger partial charge in [0, 0.05) is 13.3 Å². The lowest BCUT2D eigenvalue weighted by molar-refractivity contribution is 0.0514. The molecule has 1 rings (SSSR count). The van der Waals surface area contributed by atoms with E-state index in [4.69, 9.17) is 9.47 Å². The van der Waals surface area contributed by atoms with E-state index in [-0.39, 0.29) is 0 Å². The van der Waals surface area contributed by atoms with Crippen LogP contribution in [0.1, 0.15) is 17.4 Å². The molecule has 14 heavy (non-hydrogen) atoms. The SMILES string of the molecule is CCOC(=O)c1nn(COC)cc1I. The van der Waals surface area contributed by atoms with Crippen molar-refractivity contribution >= 4 is 28.6 Å². The Kier molecular flexibility index (Phi) is 4.33. The lowest BCUT2D eigenvalue weighted by Crippen LogP contribution is -2.08. The summed E-state index contributed by atoms with van der Waals surface area (Å²) >= 11 is 2.04. The molecule has 1 heterocycles. The minimum atomic E-state index is -0.397. The van der Waals surface area contributed by atoms with Gasteiger partial charge in [-0.05, 0) is 29.5 Å². The average molecular weight is 310 g/mol. The van der Waals surface area contributed by atoms with Crippen LogP contribution in [0.5, 0.6) is 0 Å². The molecule has 0 aromatic carbocycles. The van der Waals surface area contributed by atoms with Crippen molar-refractivity contribution in [1.29, 1.82) is 0 Å². The summed E-state index contributed by atoms with van der Waals surface area (Å²) in [7, 11) is 1.57. The Morgan fingerprint density at radius 3 is 3.00 bits per heavy atom. The summed E-state index contributed by atoms with van der Waals surface area (Å²) in [6.45, 7) is 2.44. The fourth-order valence-electron chi connectivity index (χ4n) is 0.933. The predicted octanol–water partition coefficient (Wildman–Crippen LogP) is 1.27. The van der Waals surface area contributed by atoms with Gasteiger partial charge in [-0.25, -0.2) is 9.48 Å². The standard InChI is InChI=1S/C8H11IN2O3/c1-3-14-8(12)7-6(9)4-11(10-7)5-13-2/h4H,3,5H2,1-2H3. The van der Waals surface area contributed by atoms with E-state index >= 15 is 0 Å². The maximum Gasteiger partial charge on any atom is 0.359 e. The van der Waals surface area contributed by atoms with Crippen LogP contribution in [-0.4, -0.2) is 29.5 Å². The van der Waals surface area contributed by atoms with E-state index in [1.807, 2.05) is 22.6 Å². The first kappa shape index (κ1) is 11.4. The normalized spacial score (nSPS) is 10.2. The summed E-state index contributed by atoms with van der Waals surface area (Å²) in [4.78, 5) is 11.3. The second-order valence-electron chi connectivity index (χ2n) is 2.50. The number of rotatable bonds is 4. The summed E-state index contributed by atoms with van der Waals surface area (Å²) < 4.78 is 12.0. The molecule has 0 atom stereocenters. The number of hydrogen-bond donors (Lipinski definition) is 0. The summed E-state index contributed by atoms with van der Waals surface area (Å²) in [5.41, 5.74) is 0.338. The number of nitrogens with zero attached hydrogens (tertiary/aromatic N) is 2. The Morgan fingerprint density at radius 2 is 2.43 bits per heavy atom. The minimum absolute atomic E-state index is 0.329. The highest BCUT2D eigenvalue weighted by Gasteiger charge is 2.15. The molecule has 0 aliphatic heterocycles. The molecule has 0 amide bonds. The molecule has 1 aromatic rings. The van der Waals surface area contributed by atoms with Crippen molar-refractivity contribution in [2.24, 2.45) is 0 Å². The first-order valence-electron chi connectivity index (χ1n) is 4.08. The summed E-state index contributed by atoms with van der Waals surface area (Å²) in [6.07, 6.45) is 1.73. The molecule has 5 nitrogen and oxygen atoms in total. The highest BCUT2D eigenvalue weighted by molar-refractivity contribution is 14.1. The molecule has 0 aliphatic carbocycles. The van der Waals surface area contributed by atoms with Gasteiger partial charge in [-0.1, -0.05) is 0 Å². The zero-order valence-electron chi connectivity index (χ0n) is 7.99. The van der Waals surface area contributed by atoms with Crippen molar-refractivity contribution in [3.05, 3.63) is 15.5 Å². The van der Waals surface area contributed by atoms with Gasteiger partial charge in [-0.15, -0.1) is 0 Å². The smallest absolute Gasteiger partial charge is 0.359 e. The number of esters is 1. The lowest BCUT2D eigenvalue weighted by atomic mass is 10.4. The van der Waals surface area contributed by atoms with Crippen LogP contribution in [0.15, 0.2) is 6.20 Å². The van der Waals surface area contributed by atoms with Gasteiger partial charge < -0.3 is 9.47 Å². The van der Waals surface area contributed by atoms with Crippen LogP contribution in [0.3, 0.4) is 0 Å². The maximum absolute atomic E-state index is 11.3. The van der Waals surface area contributed by atoms with E-state index in [0.29, 0.717) is 19.0 Å². The topological polar surface area (TPSA) is 53.3 Å². The van der Waals surface area contributed by atoms with E-state index in [1.165, 1.54) is 0 Å². The van der Waals surface area contributed by atoms with E-state index in [0.717, 1.165) is 3.57 Å². The van der Waals surface area contributed by atoms with Crippen LogP contribution < -0.4 is 0 Å². The van der Waals surface area contributed by atoms with Crippen molar-refractivity contribution < 1.29 is 14.3 Å². The number of hydrogen-bond acceptors (Lipinski definition) is 4. The molecule has 0 saturated heterocycles. The van der Waals surface area contributed by atoms with Gasteiger partial charge in [0.1, 0.15) is 6.73 Å². The highest BCUT2D eigenvalue weighted by Crippen LogP contribution is 2.11. The molecule has 0 saturated carbocycles. The largest absolute Gasteiger partial charge is 0.461 e. The third-order valence-electron chi connectivity index (χ3n) is 1.45. The minimum Gasteiger partial charge on any atom is -0.461 e. The molecule has 0 radical (unpaired) electrons. The van der Waals surface area contributed by atoms with E-state index in [1.54, 1.807) is 24.9 Å². The third-order valence-corrected chi connectivity index (χ3v) is 2.24. The van der Waals surface area contributed by atoms with Crippen molar-refractivity contribution in [3.8, 4) is 0 Å². The van der Waals surface area contributed by atoms with Crippen LogP contribution >= 0.6 is 22.6 Å². The van der Waals surface area contributed by atoms with E-state index in [9.17, 15) is 4.79 Å². The lowest BCUT2D eigenvalue weighted by Gasteiger charge is -1.98. The molecular weight excluding hydrogens is 299 g/mol. The van der Waals surface area contributed by atoms with E-state index < -0.39 is 5.97 Å². The van der Waals surface area contributed by atoms with Gasteiger partial charge >= 0.3 is 5.97 Å². The quantitative estimate of drug-likeness (QED) is 0.621. The van der Waals surface area contributed by atoms with Crippen molar-refractivity contribution in [3.63, 3.8) is 0 Å². The number of methoxy groups -OCH3 is 1. The Hall–Kier alpha value is -0.630. The molecule has 0 aliphatic rings. The van der Waals surface area contributed by atoms with Crippen LogP contribution in [0.25, 0.3) is 0 Å². The maximum atomic E-state index is 11.3. The van der Waals surface area contributed by atoms with Gasteiger partial charge in [-0.2, -0.15) is 5.10 Å². The van der Waals surface area contributed by atoms with Crippen LogP contribution in [0.2, 0.25) is 0 Å². The Bertz CT molecular complexity index is 324. The van der Waals surface area contributed by atoms with Crippen molar-refractivity contribution in [2.75, 3.05) is 13.7 Å². The van der Waals surface area contributed by atoms with Gasteiger partial charge in [0.15, 0.2) is 5.69 Å². The zero-order chi connectivity index (χ0) is 10.6. The molecule has 0 N–H and O–H groups in total. The summed E-state index contributed by atoms with van der Waals surface area (Å²) in [6, 6.07) is 0. The van der Waals surface area contributed by atoms with Crippen LogP contribution in [0, 0.1) is 3.57 Å². The second-order valence-corrected chi connectivity index (χ2v) is 3.67. The molecule has 0 fully saturated rings. The fourth-order valence-corrected chi connectivity index (χ4v) is 1.58. The second kappa shape index (κ2) is 5.30. The third kappa shape index (κ3) is 2.68. The van der Waals surface area contributed by atoms with Gasteiger partial charge in [0.25, 0.3) is 0 Å². The molecule has 0 unspecified atom stereocenters. The van der Waals surface area contributed by atoms with Gasteiger partial charge in [0.05, 0.1) is 10.2 Å². The van der Waals surface area contributed by atoms with Gasteiger partial charge in [-0.3, -0.25) is 0 Å². The number of halogens is 1. The number of carbonyl (C=O) groups is 1. The van der Waals surface area contributed by atoms with Gasteiger partial charge in [0.2, 0.25) is 0 Å². The first-order valence-corrected chi connectivity index (χ1v) is 5.16. The average Bonchev–Trinajstić information content (AvgIpc) is 2.48.